The molecule has 0 saturated carbocycles. The number of nitrogens with one attached hydrogen (secondary N) is 1. The fourth-order valence-electron chi connectivity index (χ4n) is 1.84. The lowest BCUT2D eigenvalue weighted by Crippen LogP contribution is -2.17. The van der Waals surface area contributed by atoms with E-state index in [1.54, 1.807) is 7.05 Å². The summed E-state index contributed by atoms with van der Waals surface area (Å²) in [5.41, 5.74) is 1.59. The average Bonchev–Trinajstić information content (AvgIpc) is 2.66. The van der Waals surface area contributed by atoms with Gasteiger partial charge in [0.05, 0.1) is 11.1 Å². The van der Waals surface area contributed by atoms with Crippen molar-refractivity contribution in [2.45, 2.75) is 13.0 Å². The number of aliphatic hydroxyl groups is 1. The summed E-state index contributed by atoms with van der Waals surface area (Å²) in [6, 6.07) is 1.84. The van der Waals surface area contributed by atoms with Crippen LogP contribution in [0.3, 0.4) is 0 Å². The predicted octanol–water partition coefficient (Wildman–Crippen LogP) is 1.63. The van der Waals surface area contributed by atoms with Gasteiger partial charge in [-0.3, -0.25) is 0 Å². The fourth-order valence-corrected chi connectivity index (χ4v) is 2.26. The van der Waals surface area contributed by atoms with Crippen LogP contribution in [0.1, 0.15) is 17.2 Å². The van der Waals surface area contributed by atoms with Crippen LogP contribution in [0.25, 0.3) is 0 Å². The molecule has 1 aliphatic heterocycles. The minimum absolute atomic E-state index is 0.181. The summed E-state index contributed by atoms with van der Waals surface area (Å²) in [5, 5.41) is 13.3. The van der Waals surface area contributed by atoms with E-state index in [4.69, 9.17) is 21.1 Å². The quantitative estimate of drug-likeness (QED) is 0.847. The van der Waals surface area contributed by atoms with Crippen molar-refractivity contribution in [3.05, 3.63) is 22.2 Å². The number of benzene rings is 1. The van der Waals surface area contributed by atoms with E-state index in [0.717, 1.165) is 5.56 Å². The van der Waals surface area contributed by atoms with E-state index in [1.165, 1.54) is 0 Å². The Morgan fingerprint density at radius 3 is 3.00 bits per heavy atom. The van der Waals surface area contributed by atoms with Crippen molar-refractivity contribution in [2.24, 2.45) is 0 Å². The van der Waals surface area contributed by atoms with Crippen molar-refractivity contribution < 1.29 is 14.6 Å². The third kappa shape index (κ3) is 1.84. The third-order valence-electron chi connectivity index (χ3n) is 2.58. The van der Waals surface area contributed by atoms with Gasteiger partial charge in [0.1, 0.15) is 0 Å². The Balaban J connectivity index is 2.45. The molecule has 0 amide bonds. The van der Waals surface area contributed by atoms with E-state index < -0.39 is 6.10 Å². The van der Waals surface area contributed by atoms with Gasteiger partial charge in [-0.25, -0.2) is 0 Å². The molecular weight excluding hydrogens is 230 g/mol. The zero-order chi connectivity index (χ0) is 11.7. The van der Waals surface area contributed by atoms with Crippen molar-refractivity contribution >= 4 is 11.6 Å². The maximum atomic E-state index is 9.97. The number of fused-ring (bicyclic) bond motifs is 1. The lowest BCUT2D eigenvalue weighted by atomic mass is 10.0. The van der Waals surface area contributed by atoms with E-state index in [1.807, 2.05) is 13.0 Å². The topological polar surface area (TPSA) is 50.7 Å². The highest BCUT2D eigenvalue weighted by Crippen LogP contribution is 2.44. The van der Waals surface area contributed by atoms with Crippen LogP contribution in [-0.2, 0) is 0 Å². The Hall–Kier alpha value is -0.970. The van der Waals surface area contributed by atoms with Crippen LogP contribution < -0.4 is 14.8 Å². The monoisotopic (exact) mass is 243 g/mol. The molecule has 1 heterocycles. The normalized spacial score (nSPS) is 15.2. The van der Waals surface area contributed by atoms with Crippen LogP contribution >= 0.6 is 11.6 Å². The molecule has 5 heteroatoms. The molecule has 0 bridgehead atoms. The van der Waals surface area contributed by atoms with Gasteiger partial charge < -0.3 is 19.9 Å². The molecule has 16 heavy (non-hydrogen) atoms. The molecular formula is C11H14ClNO3. The van der Waals surface area contributed by atoms with Crippen molar-refractivity contribution in [1.82, 2.24) is 5.32 Å². The van der Waals surface area contributed by atoms with Crippen LogP contribution in [0.15, 0.2) is 6.07 Å². The highest BCUT2D eigenvalue weighted by molar-refractivity contribution is 6.33. The maximum Gasteiger partial charge on any atom is 0.231 e. The highest BCUT2D eigenvalue weighted by atomic mass is 35.5. The first-order chi connectivity index (χ1) is 7.65. The van der Waals surface area contributed by atoms with E-state index in [2.05, 4.69) is 5.32 Å². The highest BCUT2D eigenvalue weighted by Gasteiger charge is 2.24. The number of aliphatic hydroxyl groups excluding tert-OH is 1. The van der Waals surface area contributed by atoms with Gasteiger partial charge in [0.25, 0.3) is 0 Å². The molecule has 0 aromatic heterocycles. The molecule has 0 aliphatic carbocycles. The molecule has 1 unspecified atom stereocenters. The Labute approximate surface area is 99.1 Å². The summed E-state index contributed by atoms with van der Waals surface area (Å²) >= 11 is 6.20. The van der Waals surface area contributed by atoms with E-state index >= 15 is 0 Å². The Bertz CT molecular complexity index is 409. The van der Waals surface area contributed by atoms with Gasteiger partial charge in [-0.1, -0.05) is 11.6 Å². The second kappa shape index (κ2) is 4.49. The van der Waals surface area contributed by atoms with Gasteiger partial charge >= 0.3 is 0 Å². The SMILES string of the molecule is CNCC(O)c1c(C)cc2c(c1Cl)OCO2. The van der Waals surface area contributed by atoms with Gasteiger partial charge in [0, 0.05) is 12.1 Å². The summed E-state index contributed by atoms with van der Waals surface area (Å²) < 4.78 is 10.5. The molecule has 1 aromatic rings. The second-order valence-corrected chi connectivity index (χ2v) is 4.11. The standard InChI is InChI=1S/C11H14ClNO3/c1-6-3-8-11(16-5-15-8)10(12)9(6)7(14)4-13-2/h3,7,13-14H,4-5H2,1-2H3. The number of likely N-dealkylation sites (N-methyl/N-ethyl adjacent to an activating group) is 1. The number of rotatable bonds is 3. The van der Waals surface area contributed by atoms with E-state index in [-0.39, 0.29) is 6.79 Å². The van der Waals surface area contributed by atoms with Gasteiger partial charge in [-0.2, -0.15) is 0 Å². The van der Waals surface area contributed by atoms with Crippen LogP contribution in [0, 0.1) is 6.92 Å². The first kappa shape index (κ1) is 11.5. The van der Waals surface area contributed by atoms with E-state index in [9.17, 15) is 5.11 Å². The smallest absolute Gasteiger partial charge is 0.231 e. The van der Waals surface area contributed by atoms with Crippen molar-refractivity contribution in [1.29, 1.82) is 0 Å². The van der Waals surface area contributed by atoms with Gasteiger partial charge in [-0.15, -0.1) is 0 Å². The van der Waals surface area contributed by atoms with Crippen LogP contribution in [0.2, 0.25) is 5.02 Å². The van der Waals surface area contributed by atoms with Crippen LogP contribution in [0.4, 0.5) is 0 Å². The summed E-state index contributed by atoms with van der Waals surface area (Å²) in [5.74, 6) is 1.17. The summed E-state index contributed by atoms with van der Waals surface area (Å²) in [6.45, 7) is 2.52. The Kier molecular flexibility index (Phi) is 3.23. The van der Waals surface area contributed by atoms with Gasteiger partial charge in [0.2, 0.25) is 6.79 Å². The lowest BCUT2D eigenvalue weighted by Gasteiger charge is -2.16. The van der Waals surface area contributed by atoms with Crippen LogP contribution in [-0.4, -0.2) is 25.5 Å². The minimum Gasteiger partial charge on any atom is -0.454 e. The maximum absolute atomic E-state index is 9.97. The number of aryl methyl sites for hydroxylation is 1. The number of ether oxygens (including phenoxy) is 2. The molecule has 2 N–H and O–H groups in total. The molecule has 1 atom stereocenters. The molecule has 1 aromatic carbocycles. The Morgan fingerprint density at radius 2 is 2.31 bits per heavy atom. The van der Waals surface area contributed by atoms with Crippen molar-refractivity contribution in [3.8, 4) is 11.5 Å². The van der Waals surface area contributed by atoms with Crippen molar-refractivity contribution in [2.75, 3.05) is 20.4 Å². The molecule has 0 spiro atoms. The molecule has 0 saturated heterocycles. The average molecular weight is 244 g/mol. The van der Waals surface area contributed by atoms with Crippen LogP contribution in [0.5, 0.6) is 11.5 Å². The summed E-state index contributed by atoms with van der Waals surface area (Å²) in [4.78, 5) is 0. The largest absolute Gasteiger partial charge is 0.454 e. The first-order valence-electron chi connectivity index (χ1n) is 5.06. The Morgan fingerprint density at radius 1 is 1.56 bits per heavy atom. The number of halogens is 1. The first-order valence-corrected chi connectivity index (χ1v) is 5.44. The zero-order valence-electron chi connectivity index (χ0n) is 9.21. The summed E-state index contributed by atoms with van der Waals surface area (Å²) in [6.07, 6.45) is -0.646. The molecule has 1 aliphatic rings. The molecule has 0 fully saturated rings. The predicted molar refractivity (Wildman–Crippen MR) is 61.2 cm³/mol. The number of hydrogen-bond donors (Lipinski definition) is 2. The lowest BCUT2D eigenvalue weighted by molar-refractivity contribution is 0.171. The van der Waals surface area contributed by atoms with Gasteiger partial charge in [0.15, 0.2) is 11.5 Å². The summed E-state index contributed by atoms with van der Waals surface area (Å²) in [7, 11) is 1.78. The fraction of sp³-hybridized carbons (Fsp3) is 0.455. The molecule has 2 rings (SSSR count). The molecule has 0 radical (unpaired) electrons. The van der Waals surface area contributed by atoms with Crippen molar-refractivity contribution in [3.63, 3.8) is 0 Å². The number of hydrogen-bond acceptors (Lipinski definition) is 4. The zero-order valence-corrected chi connectivity index (χ0v) is 9.97. The second-order valence-electron chi connectivity index (χ2n) is 3.73. The van der Waals surface area contributed by atoms with E-state index in [0.29, 0.717) is 28.6 Å². The van der Waals surface area contributed by atoms with Gasteiger partial charge in [-0.05, 0) is 25.6 Å². The molecule has 88 valence electrons. The third-order valence-corrected chi connectivity index (χ3v) is 2.96. The minimum atomic E-state index is -0.646. The molecule has 4 nitrogen and oxygen atoms in total.